The summed E-state index contributed by atoms with van der Waals surface area (Å²) in [6, 6.07) is 4.56. The highest BCUT2D eigenvalue weighted by molar-refractivity contribution is 6.35. The molecule has 13 nitrogen and oxygen atoms in total. The lowest BCUT2D eigenvalue weighted by molar-refractivity contribution is -0.118. The molecular formula is C30H29ClF2N6O7. The van der Waals surface area contributed by atoms with E-state index in [1.165, 1.54) is 74.2 Å². The maximum absolute atomic E-state index is 14.1. The Morgan fingerprint density at radius 2 is 1.65 bits per heavy atom. The van der Waals surface area contributed by atoms with E-state index in [2.05, 4.69) is 20.2 Å². The van der Waals surface area contributed by atoms with Crippen molar-refractivity contribution in [2.75, 3.05) is 21.3 Å². The third kappa shape index (κ3) is 5.78. The molecule has 242 valence electrons. The van der Waals surface area contributed by atoms with Crippen molar-refractivity contribution in [3.63, 3.8) is 0 Å². The Morgan fingerprint density at radius 3 is 2.17 bits per heavy atom. The first-order valence-corrected chi connectivity index (χ1v) is 14.1. The Labute approximate surface area is 266 Å². The summed E-state index contributed by atoms with van der Waals surface area (Å²) < 4.78 is 51.8. The summed E-state index contributed by atoms with van der Waals surface area (Å²) in [5, 5.41) is 19.0. The fourth-order valence-corrected chi connectivity index (χ4v) is 5.82. The van der Waals surface area contributed by atoms with Crippen LogP contribution in [0.5, 0.6) is 17.2 Å². The van der Waals surface area contributed by atoms with Gasteiger partial charge in [0.15, 0.2) is 17.3 Å². The van der Waals surface area contributed by atoms with Gasteiger partial charge in [-0.25, -0.2) is 28.1 Å². The third-order valence-electron chi connectivity index (χ3n) is 7.71. The molecule has 0 radical (unpaired) electrons. The molecule has 0 unspecified atom stereocenters. The van der Waals surface area contributed by atoms with E-state index >= 15 is 0 Å². The molecule has 1 aliphatic heterocycles. The largest absolute Gasteiger partial charge is 0.496 e. The van der Waals surface area contributed by atoms with Crippen molar-refractivity contribution >= 4 is 23.2 Å². The van der Waals surface area contributed by atoms with Crippen LogP contribution in [0.15, 0.2) is 61.4 Å². The number of benzene rings is 2. The molecule has 0 fully saturated rings. The van der Waals surface area contributed by atoms with Gasteiger partial charge in [-0.15, -0.1) is 0 Å². The summed E-state index contributed by atoms with van der Waals surface area (Å²) >= 11 is 6.33. The molecule has 0 amide bonds. The first-order chi connectivity index (χ1) is 22.0. The van der Waals surface area contributed by atoms with Crippen molar-refractivity contribution in [2.45, 2.75) is 37.6 Å². The van der Waals surface area contributed by atoms with E-state index in [9.17, 15) is 23.5 Å². The minimum atomic E-state index is -1.70. The van der Waals surface area contributed by atoms with Crippen LogP contribution in [-0.2, 0) is 28.2 Å². The number of nitrogens with zero attached hydrogens (tertiary/aromatic N) is 6. The quantitative estimate of drug-likeness (QED) is 0.296. The van der Waals surface area contributed by atoms with Gasteiger partial charge in [-0.05, 0) is 6.07 Å². The molecule has 2 aromatic carbocycles. The maximum Gasteiger partial charge on any atom is 0.231 e. The zero-order valence-electron chi connectivity index (χ0n) is 25.1. The summed E-state index contributed by atoms with van der Waals surface area (Å²) in [7, 11) is 4.31. The molecule has 16 heteroatoms. The van der Waals surface area contributed by atoms with Crippen molar-refractivity contribution in [1.82, 2.24) is 29.5 Å². The average Bonchev–Trinajstić information content (AvgIpc) is 3.78. The first-order valence-electron chi connectivity index (χ1n) is 13.8. The second-order valence-corrected chi connectivity index (χ2v) is 11.0. The minimum Gasteiger partial charge on any atom is -0.496 e. The Morgan fingerprint density at radius 1 is 1.02 bits per heavy atom. The van der Waals surface area contributed by atoms with Crippen LogP contribution in [-0.4, -0.2) is 73.1 Å². The summed E-state index contributed by atoms with van der Waals surface area (Å²) in [6.45, 7) is 1.62. The number of ketones is 2. The normalized spacial score (nSPS) is 18.8. The topological polar surface area (TPSA) is 153 Å². The van der Waals surface area contributed by atoms with E-state index in [4.69, 9.17) is 30.5 Å². The summed E-state index contributed by atoms with van der Waals surface area (Å²) in [4.78, 5) is 32.7. The van der Waals surface area contributed by atoms with Crippen molar-refractivity contribution in [2.24, 2.45) is 5.92 Å². The van der Waals surface area contributed by atoms with Crippen LogP contribution in [0.3, 0.4) is 0 Å². The van der Waals surface area contributed by atoms with Gasteiger partial charge in [0.25, 0.3) is 0 Å². The van der Waals surface area contributed by atoms with E-state index in [1.54, 1.807) is 6.92 Å². The second kappa shape index (κ2) is 12.8. The van der Waals surface area contributed by atoms with E-state index in [0.29, 0.717) is 11.5 Å². The van der Waals surface area contributed by atoms with Gasteiger partial charge < -0.3 is 24.1 Å². The van der Waals surface area contributed by atoms with Gasteiger partial charge in [0.05, 0.1) is 34.4 Å². The van der Waals surface area contributed by atoms with Crippen LogP contribution in [0.2, 0.25) is 5.02 Å². The summed E-state index contributed by atoms with van der Waals surface area (Å²) in [5.41, 5.74) is -2.94. The van der Waals surface area contributed by atoms with Gasteiger partial charge in [-0.3, -0.25) is 9.59 Å². The van der Waals surface area contributed by atoms with Crippen molar-refractivity contribution in [1.29, 1.82) is 0 Å². The molecule has 46 heavy (non-hydrogen) atoms. The lowest BCUT2D eigenvalue weighted by Crippen LogP contribution is -2.51. The van der Waals surface area contributed by atoms with Crippen LogP contribution in [0.25, 0.3) is 0 Å². The average molecular weight is 659 g/mol. The third-order valence-corrected chi connectivity index (χ3v) is 8.07. The molecule has 6 rings (SSSR count). The van der Waals surface area contributed by atoms with E-state index in [-0.39, 0.29) is 58.7 Å². The highest BCUT2D eigenvalue weighted by atomic mass is 35.5. The highest BCUT2D eigenvalue weighted by Crippen LogP contribution is 2.54. The molecule has 3 heterocycles. The number of hydrogen-bond acceptors (Lipinski definition) is 11. The Bertz CT molecular complexity index is 1750. The molecule has 4 aromatic rings. The number of fused-ring (bicyclic) bond motifs is 1. The zero-order valence-corrected chi connectivity index (χ0v) is 25.9. The Kier molecular flexibility index (Phi) is 9.08. The number of aliphatic hydroxyl groups is 1. The van der Waals surface area contributed by atoms with Gasteiger partial charge in [0.1, 0.15) is 64.6 Å². The van der Waals surface area contributed by atoms with Crippen LogP contribution in [0.4, 0.5) is 8.78 Å². The predicted octanol–water partition coefficient (Wildman–Crippen LogP) is 3.55. The molecule has 0 bridgehead atoms. The molecular weight excluding hydrogens is 630 g/mol. The SMILES string of the molecule is COC1=CC(=O)C[C@@H](C)[C@]12Oc1c(Cl)c(OC)cc(OC)c1C2=O.OC(Cn1cncn1)(Cn1cncn1)c1ccc(F)cc1F. The van der Waals surface area contributed by atoms with E-state index < -0.39 is 28.8 Å². The molecule has 1 spiro atoms. The maximum atomic E-state index is 14.1. The molecule has 1 N–H and O–H groups in total. The summed E-state index contributed by atoms with van der Waals surface area (Å²) in [5.74, 6) is -1.46. The number of ether oxygens (including phenoxy) is 4. The first kappa shape index (κ1) is 32.5. The Hall–Kier alpha value is -4.89. The Balaban J connectivity index is 0.000000182. The molecule has 0 saturated heterocycles. The second-order valence-electron chi connectivity index (χ2n) is 10.6. The van der Waals surface area contributed by atoms with Crippen LogP contribution < -0.4 is 14.2 Å². The number of allylic oxidation sites excluding steroid dienone is 1. The highest BCUT2D eigenvalue weighted by Gasteiger charge is 2.59. The number of hydrogen-bond donors (Lipinski definition) is 1. The van der Waals surface area contributed by atoms with E-state index in [0.717, 1.165) is 12.1 Å². The molecule has 0 saturated carbocycles. The number of Topliss-reactive ketones (excluding diaryl/α,β-unsaturated/α-hetero) is 1. The number of carbonyl (C=O) groups is 2. The number of carbonyl (C=O) groups excluding carboxylic acids is 2. The van der Waals surface area contributed by atoms with Gasteiger partial charge in [-0.1, -0.05) is 24.6 Å². The van der Waals surface area contributed by atoms with Crippen molar-refractivity contribution in [3.05, 3.63) is 89.2 Å². The van der Waals surface area contributed by atoms with Crippen LogP contribution >= 0.6 is 11.6 Å². The van der Waals surface area contributed by atoms with Gasteiger partial charge >= 0.3 is 0 Å². The number of halogens is 3. The smallest absolute Gasteiger partial charge is 0.231 e. The predicted molar refractivity (Wildman–Crippen MR) is 156 cm³/mol. The zero-order chi connectivity index (χ0) is 33.2. The minimum absolute atomic E-state index is 0.0556. The standard InChI is InChI=1S/C17H17ClO6.C13H12F2N6O/c1-8-5-9(19)6-12(23-4)17(8)16(20)13-10(21-2)7-11(22-3)14(18)15(13)24-17;14-10-1-2-11(12(15)3-10)13(22,4-20-8-16-6-18-20)5-21-9-17-7-19-21/h6-8H,5H2,1-4H3;1-3,6-9,22H,4-5H2/t8-,17+;/m1./s1. The monoisotopic (exact) mass is 658 g/mol. The van der Waals surface area contributed by atoms with Crippen molar-refractivity contribution in [3.8, 4) is 17.2 Å². The van der Waals surface area contributed by atoms with Gasteiger partial charge in [0.2, 0.25) is 11.4 Å². The fourth-order valence-electron chi connectivity index (χ4n) is 5.55. The van der Waals surface area contributed by atoms with Crippen molar-refractivity contribution < 1.29 is 42.4 Å². The van der Waals surface area contributed by atoms with Crippen LogP contribution in [0, 0.1) is 17.6 Å². The van der Waals surface area contributed by atoms with Gasteiger partial charge in [-0.2, -0.15) is 10.2 Å². The summed E-state index contributed by atoms with van der Waals surface area (Å²) in [6.07, 6.45) is 6.88. The van der Waals surface area contributed by atoms with Crippen LogP contribution in [0.1, 0.15) is 29.3 Å². The lowest BCUT2D eigenvalue weighted by atomic mass is 9.75. The fraction of sp³-hybridized carbons (Fsp3) is 0.333. The lowest BCUT2D eigenvalue weighted by Gasteiger charge is -2.36. The number of rotatable bonds is 8. The van der Waals surface area contributed by atoms with Gasteiger partial charge in [0, 0.05) is 36.1 Å². The number of aromatic nitrogens is 6. The number of methoxy groups -OCH3 is 3. The molecule has 1 aliphatic carbocycles. The van der Waals surface area contributed by atoms with E-state index in [1.807, 2.05) is 0 Å². The molecule has 2 aliphatic rings. The molecule has 2 atom stereocenters. The molecule has 2 aromatic heterocycles.